The Hall–Kier alpha value is -1.78. The van der Waals surface area contributed by atoms with Crippen molar-refractivity contribution < 1.29 is 13.9 Å². The topological polar surface area (TPSA) is 32.8 Å². The van der Waals surface area contributed by atoms with E-state index in [1.165, 1.54) is 0 Å². The molecule has 1 aromatic rings. The molecule has 1 aliphatic heterocycles. The van der Waals surface area contributed by atoms with Crippen molar-refractivity contribution in [2.24, 2.45) is 0 Å². The molecule has 1 aromatic carbocycles. The molecule has 2 rings (SSSR count). The van der Waals surface area contributed by atoms with Crippen LogP contribution in [0.15, 0.2) is 18.2 Å². The zero-order valence-corrected chi connectivity index (χ0v) is 14.7. The molecule has 23 heavy (non-hydrogen) atoms. The summed E-state index contributed by atoms with van der Waals surface area (Å²) in [4.78, 5) is 16.0. The Morgan fingerprint density at radius 3 is 2.35 bits per heavy atom. The van der Waals surface area contributed by atoms with Gasteiger partial charge in [0.05, 0.1) is 0 Å². The molecule has 128 valence electrons. The summed E-state index contributed by atoms with van der Waals surface area (Å²) < 4.78 is 19.3. The highest BCUT2D eigenvalue weighted by molar-refractivity contribution is 5.69. The van der Waals surface area contributed by atoms with Crippen molar-refractivity contribution in [2.45, 2.75) is 46.4 Å². The fraction of sp³-hybridized carbons (Fsp3) is 0.611. The van der Waals surface area contributed by atoms with E-state index in [2.05, 4.69) is 4.90 Å². The van der Waals surface area contributed by atoms with Crippen molar-refractivity contribution in [1.82, 2.24) is 4.90 Å². The van der Waals surface area contributed by atoms with E-state index in [1.807, 2.05) is 45.9 Å². The van der Waals surface area contributed by atoms with Crippen LogP contribution < -0.4 is 4.90 Å². The van der Waals surface area contributed by atoms with Crippen molar-refractivity contribution >= 4 is 11.8 Å². The first-order valence-electron chi connectivity index (χ1n) is 8.15. The number of anilines is 1. The van der Waals surface area contributed by atoms with Gasteiger partial charge in [-0.15, -0.1) is 0 Å². The van der Waals surface area contributed by atoms with Crippen LogP contribution in [0, 0.1) is 6.92 Å². The molecule has 0 aromatic heterocycles. The highest BCUT2D eigenvalue weighted by Crippen LogP contribution is 2.30. The van der Waals surface area contributed by atoms with Crippen LogP contribution >= 0.6 is 0 Å². The van der Waals surface area contributed by atoms with Crippen LogP contribution in [0.25, 0.3) is 0 Å². The number of carbonyl (C=O) groups excluding carboxylic acids is 1. The molecule has 4 nitrogen and oxygen atoms in total. The Balaban J connectivity index is 2.04. The first-order valence-corrected chi connectivity index (χ1v) is 8.15. The van der Waals surface area contributed by atoms with Crippen LogP contribution in [0.5, 0.6) is 0 Å². The lowest BCUT2D eigenvalue weighted by molar-refractivity contribution is 0.0240. The summed E-state index contributed by atoms with van der Waals surface area (Å²) in [5.74, 6) is 0. The molecule has 1 unspecified atom stereocenters. The molecular formula is C18H27FN2O2. The number of ether oxygens (including phenoxy) is 1. The maximum absolute atomic E-state index is 13.9. The average Bonchev–Trinajstić information content (AvgIpc) is 2.45. The summed E-state index contributed by atoms with van der Waals surface area (Å²) in [5, 5.41) is 0. The predicted molar refractivity (Wildman–Crippen MR) is 90.7 cm³/mol. The third kappa shape index (κ3) is 4.60. The van der Waals surface area contributed by atoms with Crippen LogP contribution in [0.2, 0.25) is 0 Å². The number of nitrogens with zero attached hydrogens (tertiary/aromatic N) is 2. The second-order valence-corrected chi connectivity index (χ2v) is 7.13. The fourth-order valence-electron chi connectivity index (χ4n) is 2.74. The van der Waals surface area contributed by atoms with E-state index >= 15 is 0 Å². The molecule has 5 heteroatoms. The van der Waals surface area contributed by atoms with E-state index in [4.69, 9.17) is 4.74 Å². The van der Waals surface area contributed by atoms with E-state index in [0.29, 0.717) is 26.2 Å². The SMILES string of the molecule is Cc1ccc(N2CCN(C(=O)OC(C)(C)C)CC2)c(C(C)F)c1. The average molecular weight is 322 g/mol. The van der Waals surface area contributed by atoms with Crippen LogP contribution in [-0.2, 0) is 4.74 Å². The lowest BCUT2D eigenvalue weighted by Crippen LogP contribution is -2.50. The molecule has 0 aliphatic carbocycles. The van der Waals surface area contributed by atoms with E-state index in [-0.39, 0.29) is 6.09 Å². The van der Waals surface area contributed by atoms with Gasteiger partial charge in [-0.1, -0.05) is 17.7 Å². The number of amides is 1. The highest BCUT2D eigenvalue weighted by Gasteiger charge is 2.27. The number of piperazine rings is 1. The predicted octanol–water partition coefficient (Wildman–Crippen LogP) is 4.08. The first-order chi connectivity index (χ1) is 10.7. The Labute approximate surface area is 138 Å². The second kappa shape index (κ2) is 6.77. The highest BCUT2D eigenvalue weighted by atomic mass is 19.1. The van der Waals surface area contributed by atoms with Crippen LogP contribution in [-0.4, -0.2) is 42.8 Å². The van der Waals surface area contributed by atoms with Crippen molar-refractivity contribution in [1.29, 1.82) is 0 Å². The molecule has 0 spiro atoms. The van der Waals surface area contributed by atoms with Crippen molar-refractivity contribution in [3.05, 3.63) is 29.3 Å². The zero-order valence-electron chi connectivity index (χ0n) is 14.7. The van der Waals surface area contributed by atoms with Gasteiger partial charge in [0.2, 0.25) is 0 Å². The Morgan fingerprint density at radius 1 is 1.22 bits per heavy atom. The van der Waals surface area contributed by atoms with E-state index in [9.17, 15) is 9.18 Å². The lowest BCUT2D eigenvalue weighted by Gasteiger charge is -2.37. The number of aryl methyl sites for hydroxylation is 1. The lowest BCUT2D eigenvalue weighted by atomic mass is 10.0. The van der Waals surface area contributed by atoms with Gasteiger partial charge in [0, 0.05) is 37.4 Å². The Morgan fingerprint density at radius 2 is 1.83 bits per heavy atom. The number of benzene rings is 1. The van der Waals surface area contributed by atoms with Crippen LogP contribution in [0.3, 0.4) is 0 Å². The molecule has 1 heterocycles. The summed E-state index contributed by atoms with van der Waals surface area (Å²) in [5.41, 5.74) is 2.22. The molecule has 0 bridgehead atoms. The fourth-order valence-corrected chi connectivity index (χ4v) is 2.74. The van der Waals surface area contributed by atoms with Crippen molar-refractivity contribution in [3.63, 3.8) is 0 Å². The quantitative estimate of drug-likeness (QED) is 0.822. The summed E-state index contributed by atoms with van der Waals surface area (Å²) >= 11 is 0. The van der Waals surface area contributed by atoms with Gasteiger partial charge in [-0.3, -0.25) is 0 Å². The third-order valence-electron chi connectivity index (χ3n) is 3.88. The van der Waals surface area contributed by atoms with E-state index < -0.39 is 11.8 Å². The van der Waals surface area contributed by atoms with Gasteiger partial charge in [0.25, 0.3) is 0 Å². The third-order valence-corrected chi connectivity index (χ3v) is 3.88. The minimum Gasteiger partial charge on any atom is -0.444 e. The number of hydrogen-bond donors (Lipinski definition) is 0. The number of rotatable bonds is 2. The largest absolute Gasteiger partial charge is 0.444 e. The van der Waals surface area contributed by atoms with Gasteiger partial charge in [0.15, 0.2) is 0 Å². The maximum Gasteiger partial charge on any atom is 0.410 e. The van der Waals surface area contributed by atoms with Gasteiger partial charge < -0.3 is 14.5 Å². The maximum atomic E-state index is 13.9. The molecular weight excluding hydrogens is 295 g/mol. The summed E-state index contributed by atoms with van der Waals surface area (Å²) in [6, 6.07) is 5.88. The monoisotopic (exact) mass is 322 g/mol. The van der Waals surface area contributed by atoms with E-state index in [1.54, 1.807) is 11.8 Å². The van der Waals surface area contributed by atoms with Gasteiger partial charge in [-0.2, -0.15) is 0 Å². The molecule has 1 saturated heterocycles. The molecule has 1 fully saturated rings. The van der Waals surface area contributed by atoms with Crippen LogP contribution in [0.4, 0.5) is 14.9 Å². The number of halogens is 1. The standard InChI is InChI=1S/C18H27FN2O2/c1-13-6-7-16(15(12-13)14(2)19)20-8-10-21(11-9-20)17(22)23-18(3,4)5/h6-7,12,14H,8-11H2,1-5H3. The summed E-state index contributed by atoms with van der Waals surface area (Å²) in [7, 11) is 0. The zero-order chi connectivity index (χ0) is 17.2. The Kier molecular flexibility index (Phi) is 5.17. The first kappa shape index (κ1) is 17.6. The van der Waals surface area contributed by atoms with Gasteiger partial charge >= 0.3 is 6.09 Å². The van der Waals surface area contributed by atoms with Crippen LogP contribution in [0.1, 0.15) is 45.0 Å². The van der Waals surface area contributed by atoms with Gasteiger partial charge in [-0.25, -0.2) is 9.18 Å². The van der Waals surface area contributed by atoms with E-state index in [0.717, 1.165) is 16.8 Å². The van der Waals surface area contributed by atoms with Gasteiger partial charge in [-0.05, 0) is 40.7 Å². The molecule has 1 aliphatic rings. The summed E-state index contributed by atoms with van der Waals surface area (Å²) in [6.07, 6.45) is -1.28. The molecule has 0 N–H and O–H groups in total. The van der Waals surface area contributed by atoms with Crippen molar-refractivity contribution in [3.8, 4) is 0 Å². The number of hydrogen-bond acceptors (Lipinski definition) is 3. The van der Waals surface area contributed by atoms with Gasteiger partial charge in [0.1, 0.15) is 11.8 Å². The minimum absolute atomic E-state index is 0.278. The second-order valence-electron chi connectivity index (χ2n) is 7.13. The number of alkyl halides is 1. The number of carbonyl (C=O) groups is 1. The summed E-state index contributed by atoms with van der Waals surface area (Å²) in [6.45, 7) is 11.7. The molecule has 0 radical (unpaired) electrons. The van der Waals surface area contributed by atoms with Crippen molar-refractivity contribution in [2.75, 3.05) is 31.1 Å². The molecule has 0 saturated carbocycles. The smallest absolute Gasteiger partial charge is 0.410 e. The molecule has 1 amide bonds. The Bertz CT molecular complexity index is 559. The molecule has 1 atom stereocenters. The minimum atomic E-state index is -1.01. The normalized spacial score (nSPS) is 17.1.